The molecule has 18 heavy (non-hydrogen) atoms. The van der Waals surface area contributed by atoms with Crippen LogP contribution in [-0.4, -0.2) is 0 Å². The Bertz CT molecular complexity index is 540. The van der Waals surface area contributed by atoms with Gasteiger partial charge in [-0.1, -0.05) is 12.1 Å². The molecular formula is C14H13BrFNO. The second-order valence-corrected chi connectivity index (χ2v) is 4.89. The van der Waals surface area contributed by atoms with Crippen LogP contribution in [0, 0.1) is 5.82 Å². The third kappa shape index (κ3) is 3.09. The van der Waals surface area contributed by atoms with Crippen LogP contribution in [0.1, 0.15) is 18.5 Å². The number of hydrogen-bond acceptors (Lipinski definition) is 2. The zero-order valence-electron chi connectivity index (χ0n) is 9.86. The lowest BCUT2D eigenvalue weighted by atomic mass is 10.1. The van der Waals surface area contributed by atoms with Crippen LogP contribution in [0.5, 0.6) is 11.5 Å². The number of rotatable bonds is 3. The molecule has 0 aliphatic rings. The molecule has 2 aromatic rings. The van der Waals surface area contributed by atoms with Crippen LogP contribution in [-0.2, 0) is 0 Å². The molecule has 0 aliphatic heterocycles. The molecule has 0 aliphatic carbocycles. The minimum Gasteiger partial charge on any atom is -0.457 e. The van der Waals surface area contributed by atoms with E-state index in [0.717, 1.165) is 5.56 Å². The molecule has 94 valence electrons. The Morgan fingerprint density at radius 1 is 1.11 bits per heavy atom. The fraction of sp³-hybridized carbons (Fsp3) is 0.143. The van der Waals surface area contributed by atoms with E-state index in [1.807, 2.05) is 31.2 Å². The molecular weight excluding hydrogens is 297 g/mol. The van der Waals surface area contributed by atoms with Crippen LogP contribution in [0.3, 0.4) is 0 Å². The average Bonchev–Trinajstić information content (AvgIpc) is 2.34. The SMILES string of the molecule is C[C@@H](N)c1ccc(Oc2ccc(Br)c(F)c2)cc1. The van der Waals surface area contributed by atoms with Gasteiger partial charge in [0.05, 0.1) is 4.47 Å². The highest BCUT2D eigenvalue weighted by Crippen LogP contribution is 2.26. The Morgan fingerprint density at radius 3 is 2.28 bits per heavy atom. The summed E-state index contributed by atoms with van der Waals surface area (Å²) in [5.41, 5.74) is 6.79. The van der Waals surface area contributed by atoms with Gasteiger partial charge in [-0.3, -0.25) is 0 Å². The van der Waals surface area contributed by atoms with Gasteiger partial charge in [-0.2, -0.15) is 0 Å². The van der Waals surface area contributed by atoms with Gasteiger partial charge in [0.2, 0.25) is 0 Å². The molecule has 2 nitrogen and oxygen atoms in total. The minimum atomic E-state index is -0.347. The van der Waals surface area contributed by atoms with Gasteiger partial charge in [0.1, 0.15) is 17.3 Å². The summed E-state index contributed by atoms with van der Waals surface area (Å²) in [5, 5.41) is 0. The Hall–Kier alpha value is -1.39. The summed E-state index contributed by atoms with van der Waals surface area (Å²) in [5.74, 6) is 0.769. The Kier molecular flexibility index (Phi) is 3.99. The molecule has 2 aromatic carbocycles. The molecule has 0 fully saturated rings. The third-order valence-corrected chi connectivity index (χ3v) is 3.18. The summed E-state index contributed by atoms with van der Waals surface area (Å²) in [7, 11) is 0. The topological polar surface area (TPSA) is 35.2 Å². The maximum absolute atomic E-state index is 13.3. The molecule has 0 unspecified atom stereocenters. The second-order valence-electron chi connectivity index (χ2n) is 4.04. The lowest BCUT2D eigenvalue weighted by Gasteiger charge is -2.09. The van der Waals surface area contributed by atoms with Crippen LogP contribution in [0.25, 0.3) is 0 Å². The first-order valence-electron chi connectivity index (χ1n) is 5.54. The first kappa shape index (κ1) is 13.1. The second kappa shape index (κ2) is 5.50. The number of benzene rings is 2. The summed E-state index contributed by atoms with van der Waals surface area (Å²) in [6, 6.07) is 12.1. The molecule has 0 heterocycles. The van der Waals surface area contributed by atoms with E-state index >= 15 is 0 Å². The number of halogens is 2. The Labute approximate surface area is 114 Å². The highest BCUT2D eigenvalue weighted by atomic mass is 79.9. The summed E-state index contributed by atoms with van der Waals surface area (Å²) in [4.78, 5) is 0. The molecule has 4 heteroatoms. The van der Waals surface area contributed by atoms with E-state index in [4.69, 9.17) is 10.5 Å². The Morgan fingerprint density at radius 2 is 1.72 bits per heavy atom. The van der Waals surface area contributed by atoms with Gasteiger partial charge in [0.15, 0.2) is 0 Å². The third-order valence-electron chi connectivity index (χ3n) is 2.53. The molecule has 0 spiro atoms. The molecule has 2 N–H and O–H groups in total. The van der Waals surface area contributed by atoms with Crippen molar-refractivity contribution in [2.45, 2.75) is 13.0 Å². The first-order chi connectivity index (χ1) is 8.56. The maximum Gasteiger partial charge on any atom is 0.141 e. The fourth-order valence-electron chi connectivity index (χ4n) is 1.52. The fourth-order valence-corrected chi connectivity index (χ4v) is 1.76. The van der Waals surface area contributed by atoms with Crippen LogP contribution >= 0.6 is 15.9 Å². The van der Waals surface area contributed by atoms with Gasteiger partial charge < -0.3 is 10.5 Å². The van der Waals surface area contributed by atoms with E-state index < -0.39 is 0 Å². The van der Waals surface area contributed by atoms with Gasteiger partial charge >= 0.3 is 0 Å². The van der Waals surface area contributed by atoms with Crippen LogP contribution in [0.2, 0.25) is 0 Å². The molecule has 0 saturated heterocycles. The van der Waals surface area contributed by atoms with E-state index in [2.05, 4.69) is 15.9 Å². The summed E-state index contributed by atoms with van der Waals surface area (Å²) in [6.07, 6.45) is 0. The van der Waals surface area contributed by atoms with E-state index in [1.165, 1.54) is 6.07 Å². The van der Waals surface area contributed by atoms with Crippen molar-refractivity contribution in [2.75, 3.05) is 0 Å². The van der Waals surface area contributed by atoms with E-state index in [0.29, 0.717) is 16.0 Å². The van der Waals surface area contributed by atoms with Gasteiger partial charge in [-0.05, 0) is 52.7 Å². The quantitative estimate of drug-likeness (QED) is 0.912. The van der Waals surface area contributed by atoms with E-state index in [-0.39, 0.29) is 11.9 Å². The Balaban J connectivity index is 2.15. The first-order valence-corrected chi connectivity index (χ1v) is 6.34. The predicted octanol–water partition coefficient (Wildman–Crippen LogP) is 4.40. The number of ether oxygens (including phenoxy) is 1. The lowest BCUT2D eigenvalue weighted by Crippen LogP contribution is -2.04. The number of hydrogen-bond donors (Lipinski definition) is 1. The summed E-state index contributed by atoms with van der Waals surface area (Å²) >= 11 is 3.10. The molecule has 0 bridgehead atoms. The molecule has 0 amide bonds. The molecule has 2 rings (SSSR count). The van der Waals surface area contributed by atoms with Crippen molar-refractivity contribution >= 4 is 15.9 Å². The van der Waals surface area contributed by atoms with Gasteiger partial charge in [0.25, 0.3) is 0 Å². The average molecular weight is 310 g/mol. The van der Waals surface area contributed by atoms with Crippen molar-refractivity contribution in [2.24, 2.45) is 5.73 Å². The van der Waals surface area contributed by atoms with E-state index in [9.17, 15) is 4.39 Å². The van der Waals surface area contributed by atoms with Gasteiger partial charge in [-0.15, -0.1) is 0 Å². The van der Waals surface area contributed by atoms with Crippen LogP contribution in [0.4, 0.5) is 4.39 Å². The highest BCUT2D eigenvalue weighted by Gasteiger charge is 2.04. The molecule has 1 atom stereocenters. The van der Waals surface area contributed by atoms with Crippen molar-refractivity contribution in [3.8, 4) is 11.5 Å². The molecule has 0 saturated carbocycles. The normalized spacial score (nSPS) is 12.2. The van der Waals surface area contributed by atoms with Gasteiger partial charge in [-0.25, -0.2) is 4.39 Å². The molecule has 0 aromatic heterocycles. The largest absolute Gasteiger partial charge is 0.457 e. The van der Waals surface area contributed by atoms with Crippen molar-refractivity contribution in [3.05, 3.63) is 58.3 Å². The van der Waals surface area contributed by atoms with Gasteiger partial charge in [0, 0.05) is 12.1 Å². The van der Waals surface area contributed by atoms with Crippen molar-refractivity contribution in [1.82, 2.24) is 0 Å². The summed E-state index contributed by atoms with van der Waals surface area (Å²) < 4.78 is 19.3. The number of nitrogens with two attached hydrogens (primary N) is 1. The lowest BCUT2D eigenvalue weighted by molar-refractivity contribution is 0.476. The van der Waals surface area contributed by atoms with Crippen LogP contribution in [0.15, 0.2) is 46.9 Å². The maximum atomic E-state index is 13.3. The highest BCUT2D eigenvalue weighted by molar-refractivity contribution is 9.10. The summed E-state index contributed by atoms with van der Waals surface area (Å²) in [6.45, 7) is 1.92. The van der Waals surface area contributed by atoms with E-state index in [1.54, 1.807) is 12.1 Å². The standard InChI is InChI=1S/C14H13BrFNO/c1-9(17)10-2-4-11(5-3-10)18-12-6-7-13(15)14(16)8-12/h2-9H,17H2,1H3/t9-/m1/s1. The zero-order chi connectivity index (χ0) is 13.1. The minimum absolute atomic E-state index is 0.0100. The van der Waals surface area contributed by atoms with Crippen molar-refractivity contribution in [3.63, 3.8) is 0 Å². The van der Waals surface area contributed by atoms with Crippen molar-refractivity contribution < 1.29 is 9.13 Å². The molecule has 0 radical (unpaired) electrons. The zero-order valence-corrected chi connectivity index (χ0v) is 11.4. The smallest absolute Gasteiger partial charge is 0.141 e. The van der Waals surface area contributed by atoms with Crippen molar-refractivity contribution in [1.29, 1.82) is 0 Å². The monoisotopic (exact) mass is 309 g/mol. The predicted molar refractivity (Wildman–Crippen MR) is 73.2 cm³/mol. The van der Waals surface area contributed by atoms with Crippen LogP contribution < -0.4 is 10.5 Å².